The zero-order valence-electron chi connectivity index (χ0n) is 20.6. The molecular formula is C28H45NO2. The second-order valence-corrected chi connectivity index (χ2v) is 13.9. The minimum Gasteiger partial charge on any atom is -0.411 e. The van der Waals surface area contributed by atoms with E-state index in [4.69, 9.17) is 4.74 Å². The third kappa shape index (κ3) is 2.43. The second kappa shape index (κ2) is 6.51. The van der Waals surface area contributed by atoms with Gasteiger partial charge in [0, 0.05) is 5.92 Å². The maximum Gasteiger partial charge on any atom is 0.0640 e. The van der Waals surface area contributed by atoms with E-state index < -0.39 is 0 Å². The second-order valence-electron chi connectivity index (χ2n) is 13.9. The molecule has 1 heterocycles. The van der Waals surface area contributed by atoms with Gasteiger partial charge in [-0.2, -0.15) is 0 Å². The van der Waals surface area contributed by atoms with Gasteiger partial charge in [-0.25, -0.2) is 0 Å². The predicted molar refractivity (Wildman–Crippen MR) is 124 cm³/mol. The molecule has 0 aromatic carbocycles. The summed E-state index contributed by atoms with van der Waals surface area (Å²) in [6.45, 7) is 13.9. The van der Waals surface area contributed by atoms with Crippen molar-refractivity contribution in [2.75, 3.05) is 6.61 Å². The summed E-state index contributed by atoms with van der Waals surface area (Å²) in [6, 6.07) is 0. The quantitative estimate of drug-likeness (QED) is 0.336. The van der Waals surface area contributed by atoms with Crippen LogP contribution < -0.4 is 0 Å². The van der Waals surface area contributed by atoms with Crippen LogP contribution in [0.2, 0.25) is 0 Å². The Hall–Kier alpha value is -0.570. The minimum absolute atomic E-state index is 0.409. The van der Waals surface area contributed by atoms with Crippen molar-refractivity contribution in [1.82, 2.24) is 0 Å². The van der Waals surface area contributed by atoms with E-state index in [1.807, 2.05) is 0 Å². The van der Waals surface area contributed by atoms with Gasteiger partial charge in [0.2, 0.25) is 0 Å². The molecule has 6 fully saturated rings. The molecule has 0 unspecified atom stereocenters. The largest absolute Gasteiger partial charge is 0.411 e. The predicted octanol–water partition coefficient (Wildman–Crippen LogP) is 6.93. The highest BCUT2D eigenvalue weighted by Gasteiger charge is 2.71. The molecule has 5 aliphatic carbocycles. The Kier molecular flexibility index (Phi) is 4.41. The standard InChI is InChI=1S/C28H45NO2/c1-17-6-14-28-15-10-22-26(4)11-7-19-18(2)20(29-30)8-12-25(19,3)21(26)9-13-27(22,5)24(28)23(17)31-16-28/h17-19,21-24,30H,6-16H2,1-5H3/b29-20-/t17-,18+,19+,21+,22-,23-,24-,25-,26+,27-,28-/m0/s1. The van der Waals surface area contributed by atoms with E-state index in [0.717, 1.165) is 42.4 Å². The molecule has 31 heavy (non-hydrogen) atoms. The Morgan fingerprint density at radius 2 is 1.52 bits per heavy atom. The summed E-state index contributed by atoms with van der Waals surface area (Å²) in [7, 11) is 0. The van der Waals surface area contributed by atoms with E-state index in [0.29, 0.717) is 39.6 Å². The summed E-state index contributed by atoms with van der Waals surface area (Å²) < 4.78 is 6.62. The highest BCUT2D eigenvalue weighted by molar-refractivity contribution is 5.87. The molecule has 6 aliphatic rings. The van der Waals surface area contributed by atoms with Gasteiger partial charge in [-0.15, -0.1) is 0 Å². The lowest BCUT2D eigenvalue weighted by Crippen LogP contribution is -2.65. The molecule has 1 N–H and O–H groups in total. The van der Waals surface area contributed by atoms with Gasteiger partial charge in [0.05, 0.1) is 18.4 Å². The van der Waals surface area contributed by atoms with Crippen molar-refractivity contribution >= 4 is 5.71 Å². The normalized spacial score (nSPS) is 61.8. The number of rotatable bonds is 0. The van der Waals surface area contributed by atoms with Crippen molar-refractivity contribution in [1.29, 1.82) is 0 Å². The first-order chi connectivity index (χ1) is 14.7. The van der Waals surface area contributed by atoms with Crippen LogP contribution in [0.3, 0.4) is 0 Å². The van der Waals surface area contributed by atoms with E-state index in [9.17, 15) is 5.21 Å². The number of hydrogen-bond acceptors (Lipinski definition) is 3. The van der Waals surface area contributed by atoms with Crippen LogP contribution in [0.25, 0.3) is 0 Å². The fourth-order valence-electron chi connectivity index (χ4n) is 11.7. The van der Waals surface area contributed by atoms with Crippen molar-refractivity contribution in [3.05, 3.63) is 0 Å². The van der Waals surface area contributed by atoms with Crippen molar-refractivity contribution in [2.24, 2.45) is 62.3 Å². The van der Waals surface area contributed by atoms with Crippen LogP contribution in [-0.2, 0) is 4.74 Å². The monoisotopic (exact) mass is 427 g/mol. The fourth-order valence-corrected chi connectivity index (χ4v) is 11.7. The third-order valence-corrected chi connectivity index (χ3v) is 13.0. The van der Waals surface area contributed by atoms with Crippen molar-refractivity contribution in [3.8, 4) is 0 Å². The molecule has 1 aliphatic heterocycles. The number of nitrogens with zero attached hydrogens (tertiary/aromatic N) is 1. The Labute approximate surface area is 189 Å². The molecule has 0 amide bonds. The smallest absolute Gasteiger partial charge is 0.0640 e. The molecule has 2 bridgehead atoms. The molecule has 11 atom stereocenters. The van der Waals surface area contributed by atoms with Crippen LogP contribution >= 0.6 is 0 Å². The molecule has 6 rings (SSSR count). The van der Waals surface area contributed by atoms with Crippen LogP contribution in [0, 0.1) is 57.2 Å². The van der Waals surface area contributed by atoms with E-state index in [1.54, 1.807) is 0 Å². The van der Waals surface area contributed by atoms with Crippen molar-refractivity contribution in [3.63, 3.8) is 0 Å². The fraction of sp³-hybridized carbons (Fsp3) is 0.964. The highest BCUT2D eigenvalue weighted by atomic mass is 16.5. The summed E-state index contributed by atoms with van der Waals surface area (Å²) in [6.07, 6.45) is 13.9. The Balaban J connectivity index is 1.37. The average molecular weight is 428 g/mol. The van der Waals surface area contributed by atoms with Gasteiger partial charge in [0.15, 0.2) is 0 Å². The van der Waals surface area contributed by atoms with Crippen LogP contribution in [0.4, 0.5) is 0 Å². The Morgan fingerprint density at radius 1 is 0.839 bits per heavy atom. The van der Waals surface area contributed by atoms with Gasteiger partial charge in [0.25, 0.3) is 0 Å². The maximum absolute atomic E-state index is 9.57. The molecule has 174 valence electrons. The lowest BCUT2D eigenvalue weighted by atomic mass is 9.33. The van der Waals surface area contributed by atoms with Gasteiger partial charge in [-0.3, -0.25) is 0 Å². The molecular weight excluding hydrogens is 382 g/mol. The first-order valence-electron chi connectivity index (χ1n) is 13.5. The van der Waals surface area contributed by atoms with Gasteiger partial charge < -0.3 is 9.94 Å². The van der Waals surface area contributed by atoms with Crippen molar-refractivity contribution in [2.45, 2.75) is 105 Å². The molecule has 3 heteroatoms. The SMILES string of the molecule is C[C@H]1CC[C@@]23CC[C@H]4[C@]5(C)CC[C@@H]6[C@@H](C)/C(=N\O)CC[C@]6(C)[C@H]5CC[C@]4(C)[C@@H]2[C@H]1OC3. The summed E-state index contributed by atoms with van der Waals surface area (Å²) in [5.41, 5.74) is 2.90. The first-order valence-corrected chi connectivity index (χ1v) is 13.5. The highest BCUT2D eigenvalue weighted by Crippen LogP contribution is 2.76. The van der Waals surface area contributed by atoms with Gasteiger partial charge in [-0.05, 0) is 115 Å². The van der Waals surface area contributed by atoms with E-state index in [-0.39, 0.29) is 0 Å². The lowest BCUT2D eigenvalue weighted by molar-refractivity contribution is -0.218. The lowest BCUT2D eigenvalue weighted by Gasteiger charge is -2.71. The average Bonchev–Trinajstić information content (AvgIpc) is 3.06. The molecule has 0 radical (unpaired) electrons. The number of ether oxygens (including phenoxy) is 1. The number of hydrogen-bond donors (Lipinski definition) is 1. The molecule has 0 aromatic rings. The first kappa shape index (κ1) is 21.0. The molecule has 0 aromatic heterocycles. The Bertz CT molecular complexity index is 794. The summed E-state index contributed by atoms with van der Waals surface area (Å²) in [5, 5.41) is 13.3. The molecule has 5 saturated carbocycles. The van der Waals surface area contributed by atoms with Crippen LogP contribution in [0.15, 0.2) is 5.16 Å². The maximum atomic E-state index is 9.57. The summed E-state index contributed by atoms with van der Waals surface area (Å²) in [4.78, 5) is 0. The van der Waals surface area contributed by atoms with Crippen LogP contribution in [-0.4, -0.2) is 23.6 Å². The van der Waals surface area contributed by atoms with Crippen LogP contribution in [0.1, 0.15) is 98.8 Å². The van der Waals surface area contributed by atoms with Crippen molar-refractivity contribution < 1.29 is 9.94 Å². The summed E-state index contributed by atoms with van der Waals surface area (Å²) in [5.74, 6) is 4.36. The van der Waals surface area contributed by atoms with E-state index in [1.165, 1.54) is 57.8 Å². The van der Waals surface area contributed by atoms with E-state index >= 15 is 0 Å². The minimum atomic E-state index is 0.409. The summed E-state index contributed by atoms with van der Waals surface area (Å²) >= 11 is 0. The van der Waals surface area contributed by atoms with E-state index in [2.05, 4.69) is 39.8 Å². The van der Waals surface area contributed by atoms with Crippen LogP contribution in [0.5, 0.6) is 0 Å². The number of fused-ring (bicyclic) bond motifs is 5. The Morgan fingerprint density at radius 3 is 2.29 bits per heavy atom. The zero-order valence-corrected chi connectivity index (χ0v) is 20.6. The molecule has 3 nitrogen and oxygen atoms in total. The zero-order chi connectivity index (χ0) is 21.8. The van der Waals surface area contributed by atoms with Gasteiger partial charge >= 0.3 is 0 Å². The number of oxime groups is 1. The molecule has 1 saturated heterocycles. The molecule has 0 spiro atoms. The topological polar surface area (TPSA) is 41.8 Å². The van der Waals surface area contributed by atoms with Gasteiger partial charge in [0.1, 0.15) is 0 Å². The van der Waals surface area contributed by atoms with Gasteiger partial charge in [-0.1, -0.05) is 39.8 Å². The third-order valence-electron chi connectivity index (χ3n) is 13.0.